The van der Waals surface area contributed by atoms with Gasteiger partial charge in [0.2, 0.25) is 0 Å². The molecule has 18 heavy (non-hydrogen) atoms. The Labute approximate surface area is 107 Å². The van der Waals surface area contributed by atoms with E-state index in [1.54, 1.807) is 0 Å². The minimum Gasteiger partial charge on any atom is -0.385 e. The topological polar surface area (TPSA) is 40.5 Å². The summed E-state index contributed by atoms with van der Waals surface area (Å²) in [6.07, 6.45) is 2.74. The van der Waals surface area contributed by atoms with E-state index in [1.165, 1.54) is 0 Å². The number of carbonyl (C=O) groups excluding carboxylic acids is 1. The average Bonchev–Trinajstić information content (AvgIpc) is 2.39. The first kappa shape index (κ1) is 11.9. The summed E-state index contributed by atoms with van der Waals surface area (Å²) in [4.78, 5) is 13.9. The van der Waals surface area contributed by atoms with Crippen LogP contribution in [0.5, 0.6) is 0 Å². The molecule has 0 aliphatic carbocycles. The van der Waals surface area contributed by atoms with Crippen molar-refractivity contribution in [3.8, 4) is 0 Å². The summed E-state index contributed by atoms with van der Waals surface area (Å²) in [5.74, 6) is 0.341. The van der Waals surface area contributed by atoms with Crippen LogP contribution in [0.4, 0.5) is 0 Å². The Morgan fingerprint density at radius 3 is 2.78 bits per heavy atom. The van der Waals surface area contributed by atoms with Crippen molar-refractivity contribution in [3.05, 3.63) is 35.9 Å². The standard InChI is InChI=1S/C15H19NO2/c17-14-6-8-16-9-7-15(18,11-13(16)10-14)12-4-2-1-3-5-12/h1-5,13,18H,6-11H2. The zero-order chi connectivity index (χ0) is 12.6. The van der Waals surface area contributed by atoms with E-state index >= 15 is 0 Å². The Hall–Kier alpha value is -1.19. The van der Waals surface area contributed by atoms with Gasteiger partial charge in [-0.2, -0.15) is 0 Å². The number of carbonyl (C=O) groups is 1. The molecule has 96 valence electrons. The van der Waals surface area contributed by atoms with Gasteiger partial charge < -0.3 is 5.11 Å². The molecular formula is C15H19NO2. The first-order valence-corrected chi connectivity index (χ1v) is 6.71. The smallest absolute Gasteiger partial charge is 0.135 e. The highest BCUT2D eigenvalue weighted by atomic mass is 16.3. The SMILES string of the molecule is O=C1CCN2CCC(O)(c3ccccc3)CC2C1. The Balaban J connectivity index is 1.81. The quantitative estimate of drug-likeness (QED) is 0.818. The van der Waals surface area contributed by atoms with Crippen molar-refractivity contribution in [3.63, 3.8) is 0 Å². The minimum absolute atomic E-state index is 0.227. The highest BCUT2D eigenvalue weighted by Gasteiger charge is 2.41. The number of nitrogens with zero attached hydrogens (tertiary/aromatic N) is 1. The molecule has 3 heteroatoms. The number of piperidine rings is 2. The zero-order valence-electron chi connectivity index (χ0n) is 10.5. The Kier molecular flexibility index (Phi) is 2.96. The molecule has 0 amide bonds. The zero-order valence-corrected chi connectivity index (χ0v) is 10.5. The van der Waals surface area contributed by atoms with E-state index in [0.717, 1.165) is 25.1 Å². The van der Waals surface area contributed by atoms with Gasteiger partial charge in [-0.15, -0.1) is 0 Å². The van der Waals surface area contributed by atoms with Gasteiger partial charge in [-0.3, -0.25) is 9.69 Å². The molecule has 2 saturated heterocycles. The lowest BCUT2D eigenvalue weighted by molar-refractivity contribution is -0.127. The number of fused-ring (bicyclic) bond motifs is 1. The second-order valence-electron chi connectivity index (χ2n) is 5.53. The van der Waals surface area contributed by atoms with Crippen molar-refractivity contribution < 1.29 is 9.90 Å². The maximum atomic E-state index is 11.6. The third-order valence-electron chi connectivity index (χ3n) is 4.35. The van der Waals surface area contributed by atoms with E-state index in [1.807, 2.05) is 30.3 Å². The van der Waals surface area contributed by atoms with Crippen LogP contribution in [0, 0.1) is 0 Å². The molecule has 3 rings (SSSR count). The van der Waals surface area contributed by atoms with Crippen LogP contribution in [-0.2, 0) is 10.4 Å². The monoisotopic (exact) mass is 245 g/mol. The average molecular weight is 245 g/mol. The van der Waals surface area contributed by atoms with Crippen molar-refractivity contribution in [2.75, 3.05) is 13.1 Å². The molecule has 0 bridgehead atoms. The Morgan fingerprint density at radius 1 is 1.22 bits per heavy atom. The number of rotatable bonds is 1. The van der Waals surface area contributed by atoms with E-state index in [2.05, 4.69) is 4.90 Å². The molecule has 3 nitrogen and oxygen atoms in total. The maximum absolute atomic E-state index is 11.6. The Bertz CT molecular complexity index is 445. The molecule has 2 fully saturated rings. The molecule has 2 atom stereocenters. The molecule has 2 heterocycles. The number of Topliss-reactive ketones (excluding diaryl/α,β-unsaturated/α-hetero) is 1. The fourth-order valence-corrected chi connectivity index (χ4v) is 3.27. The second kappa shape index (κ2) is 4.48. The predicted octanol–water partition coefficient (Wildman–Crippen LogP) is 1.70. The van der Waals surface area contributed by atoms with Gasteiger partial charge >= 0.3 is 0 Å². The van der Waals surface area contributed by atoms with Crippen LogP contribution < -0.4 is 0 Å². The molecule has 2 aliphatic rings. The van der Waals surface area contributed by atoms with Crippen LogP contribution >= 0.6 is 0 Å². The van der Waals surface area contributed by atoms with E-state index in [0.29, 0.717) is 25.0 Å². The summed E-state index contributed by atoms with van der Waals surface area (Å²) >= 11 is 0. The van der Waals surface area contributed by atoms with Gasteiger partial charge in [-0.05, 0) is 18.4 Å². The van der Waals surface area contributed by atoms with E-state index in [9.17, 15) is 9.90 Å². The Morgan fingerprint density at radius 2 is 2.00 bits per heavy atom. The molecule has 0 saturated carbocycles. The fourth-order valence-electron chi connectivity index (χ4n) is 3.27. The molecule has 0 aromatic heterocycles. The van der Waals surface area contributed by atoms with Crippen LogP contribution in [0.2, 0.25) is 0 Å². The molecular weight excluding hydrogens is 226 g/mol. The molecule has 1 aromatic carbocycles. The molecule has 1 aromatic rings. The van der Waals surface area contributed by atoms with Crippen LogP contribution in [0.15, 0.2) is 30.3 Å². The van der Waals surface area contributed by atoms with Crippen molar-refractivity contribution in [1.29, 1.82) is 0 Å². The summed E-state index contributed by atoms with van der Waals surface area (Å²) in [7, 11) is 0. The van der Waals surface area contributed by atoms with Crippen LogP contribution in [0.3, 0.4) is 0 Å². The van der Waals surface area contributed by atoms with Gasteiger partial charge in [0.05, 0.1) is 5.60 Å². The van der Waals surface area contributed by atoms with Crippen molar-refractivity contribution >= 4 is 5.78 Å². The van der Waals surface area contributed by atoms with Gasteiger partial charge in [0.15, 0.2) is 0 Å². The number of hydrogen-bond acceptors (Lipinski definition) is 3. The normalized spacial score (nSPS) is 33.2. The van der Waals surface area contributed by atoms with Crippen molar-refractivity contribution in [1.82, 2.24) is 4.90 Å². The fraction of sp³-hybridized carbons (Fsp3) is 0.533. The molecule has 0 radical (unpaired) electrons. The van der Waals surface area contributed by atoms with Crippen molar-refractivity contribution in [2.45, 2.75) is 37.3 Å². The molecule has 2 unspecified atom stereocenters. The first-order chi connectivity index (χ1) is 8.67. The highest BCUT2D eigenvalue weighted by molar-refractivity contribution is 5.80. The summed E-state index contributed by atoms with van der Waals surface area (Å²) in [6, 6.07) is 10.1. The summed E-state index contributed by atoms with van der Waals surface area (Å²) in [5.41, 5.74) is 0.239. The van der Waals surface area contributed by atoms with E-state index < -0.39 is 5.60 Å². The minimum atomic E-state index is -0.750. The molecule has 0 spiro atoms. The summed E-state index contributed by atoms with van der Waals surface area (Å²) in [5, 5.41) is 10.8. The lowest BCUT2D eigenvalue weighted by atomic mass is 9.78. The van der Waals surface area contributed by atoms with E-state index in [-0.39, 0.29) is 6.04 Å². The number of ketones is 1. The largest absolute Gasteiger partial charge is 0.385 e. The van der Waals surface area contributed by atoms with Gasteiger partial charge in [-0.25, -0.2) is 0 Å². The summed E-state index contributed by atoms with van der Waals surface area (Å²) < 4.78 is 0. The van der Waals surface area contributed by atoms with Gasteiger partial charge in [0.25, 0.3) is 0 Å². The number of aliphatic hydroxyl groups is 1. The summed E-state index contributed by atoms with van der Waals surface area (Å²) in [6.45, 7) is 1.76. The number of hydrogen-bond donors (Lipinski definition) is 1. The van der Waals surface area contributed by atoms with Crippen LogP contribution in [0.1, 0.15) is 31.2 Å². The third-order valence-corrected chi connectivity index (χ3v) is 4.35. The first-order valence-electron chi connectivity index (χ1n) is 6.71. The lowest BCUT2D eigenvalue weighted by Crippen LogP contribution is -2.52. The predicted molar refractivity (Wildman–Crippen MR) is 69.2 cm³/mol. The second-order valence-corrected chi connectivity index (χ2v) is 5.53. The van der Waals surface area contributed by atoms with Crippen molar-refractivity contribution in [2.24, 2.45) is 0 Å². The van der Waals surface area contributed by atoms with Crippen LogP contribution in [0.25, 0.3) is 0 Å². The van der Waals surface area contributed by atoms with Gasteiger partial charge in [0.1, 0.15) is 5.78 Å². The lowest BCUT2D eigenvalue weighted by Gasteiger charge is -2.46. The maximum Gasteiger partial charge on any atom is 0.135 e. The van der Waals surface area contributed by atoms with Gasteiger partial charge in [-0.1, -0.05) is 30.3 Å². The van der Waals surface area contributed by atoms with E-state index in [4.69, 9.17) is 0 Å². The number of benzene rings is 1. The third kappa shape index (κ3) is 2.08. The van der Waals surface area contributed by atoms with Gasteiger partial charge in [0, 0.05) is 32.0 Å². The highest BCUT2D eigenvalue weighted by Crippen LogP contribution is 2.38. The van der Waals surface area contributed by atoms with Crippen LogP contribution in [-0.4, -0.2) is 34.9 Å². The molecule has 2 aliphatic heterocycles. The molecule has 1 N–H and O–H groups in total.